The Morgan fingerprint density at radius 3 is 2.52 bits per heavy atom. The Hall–Kier alpha value is -2.87. The van der Waals surface area contributed by atoms with E-state index >= 15 is 0 Å². The van der Waals surface area contributed by atoms with E-state index in [-0.39, 0.29) is 5.75 Å². The van der Waals surface area contributed by atoms with Crippen LogP contribution in [-0.2, 0) is 0 Å². The fourth-order valence-corrected chi connectivity index (χ4v) is 2.05. The normalized spacial score (nSPS) is 10.6. The van der Waals surface area contributed by atoms with Crippen molar-refractivity contribution in [1.82, 2.24) is 4.90 Å². The monoisotopic (exact) mass is 311 g/mol. The highest BCUT2D eigenvalue weighted by Crippen LogP contribution is 2.29. The third-order valence-corrected chi connectivity index (χ3v) is 3.11. The van der Waals surface area contributed by atoms with Gasteiger partial charge in [0.15, 0.2) is 11.6 Å². The number of nitriles is 1. The number of aliphatic imine (C=N–C) groups is 1. The summed E-state index contributed by atoms with van der Waals surface area (Å²) in [5, 5.41) is 9.29. The summed E-state index contributed by atoms with van der Waals surface area (Å²) in [5.41, 5.74) is 2.46. The molecule has 0 N–H and O–H groups in total. The van der Waals surface area contributed by atoms with Crippen LogP contribution in [0.25, 0.3) is 11.1 Å². The second-order valence-electron chi connectivity index (χ2n) is 5.13. The number of halogens is 1. The topological polar surface area (TPSA) is 48.6 Å². The average molecular weight is 311 g/mol. The van der Waals surface area contributed by atoms with E-state index in [1.165, 1.54) is 6.07 Å². The van der Waals surface area contributed by atoms with Gasteiger partial charge in [-0.1, -0.05) is 12.1 Å². The fourth-order valence-electron chi connectivity index (χ4n) is 2.05. The Labute approximate surface area is 135 Å². The van der Waals surface area contributed by atoms with Crippen LogP contribution >= 0.6 is 0 Å². The van der Waals surface area contributed by atoms with Crippen LogP contribution < -0.4 is 4.74 Å². The second kappa shape index (κ2) is 7.41. The smallest absolute Gasteiger partial charge is 0.165 e. The largest absolute Gasteiger partial charge is 0.491 e. The minimum absolute atomic E-state index is 0.226. The predicted molar refractivity (Wildman–Crippen MR) is 89.6 cm³/mol. The molecule has 0 radical (unpaired) electrons. The maximum atomic E-state index is 14.0. The summed E-state index contributed by atoms with van der Waals surface area (Å²) in [6.07, 6.45) is 1.63. The van der Waals surface area contributed by atoms with Gasteiger partial charge in [0.2, 0.25) is 0 Å². The van der Waals surface area contributed by atoms with E-state index in [4.69, 9.17) is 4.74 Å². The minimum Gasteiger partial charge on any atom is -0.491 e. The molecule has 0 aromatic heterocycles. The van der Waals surface area contributed by atoms with E-state index in [1.807, 2.05) is 20.2 Å². The summed E-state index contributed by atoms with van der Waals surface area (Å²) >= 11 is 0. The van der Waals surface area contributed by atoms with Gasteiger partial charge >= 0.3 is 0 Å². The van der Waals surface area contributed by atoms with Gasteiger partial charge in [-0.25, -0.2) is 9.38 Å². The summed E-state index contributed by atoms with van der Waals surface area (Å²) in [6, 6.07) is 12.2. The summed E-state index contributed by atoms with van der Waals surface area (Å²) in [5.74, 6) is -0.193. The van der Waals surface area contributed by atoms with Crippen molar-refractivity contribution in [3.05, 3.63) is 47.8 Å². The lowest BCUT2D eigenvalue weighted by atomic mass is 10.0. The maximum Gasteiger partial charge on any atom is 0.165 e. The molecule has 118 valence electrons. The Morgan fingerprint density at radius 1 is 1.22 bits per heavy atom. The molecule has 0 aliphatic rings. The Kier molecular flexibility index (Phi) is 5.32. The van der Waals surface area contributed by atoms with Crippen molar-refractivity contribution < 1.29 is 9.13 Å². The maximum absolute atomic E-state index is 14.0. The summed E-state index contributed by atoms with van der Waals surface area (Å²) < 4.78 is 19.2. The zero-order valence-electron chi connectivity index (χ0n) is 13.4. The van der Waals surface area contributed by atoms with Crippen molar-refractivity contribution in [3.63, 3.8) is 0 Å². The van der Waals surface area contributed by atoms with Crippen LogP contribution in [-0.4, -0.2) is 31.9 Å². The minimum atomic E-state index is -0.419. The quantitative estimate of drug-likeness (QED) is 0.620. The van der Waals surface area contributed by atoms with Gasteiger partial charge in [-0.2, -0.15) is 5.26 Å². The van der Waals surface area contributed by atoms with Gasteiger partial charge in [0.1, 0.15) is 6.07 Å². The molecule has 23 heavy (non-hydrogen) atoms. The molecule has 0 saturated carbocycles. The van der Waals surface area contributed by atoms with Crippen molar-refractivity contribution in [2.24, 2.45) is 4.99 Å². The average Bonchev–Trinajstić information content (AvgIpc) is 2.54. The van der Waals surface area contributed by atoms with Crippen LogP contribution in [0.1, 0.15) is 12.5 Å². The van der Waals surface area contributed by atoms with Gasteiger partial charge in [-0.05, 0) is 42.3 Å². The lowest BCUT2D eigenvalue weighted by molar-refractivity contribution is 0.321. The van der Waals surface area contributed by atoms with Gasteiger partial charge in [0.05, 0.1) is 24.2 Å². The van der Waals surface area contributed by atoms with Crippen LogP contribution in [0.15, 0.2) is 41.4 Å². The van der Waals surface area contributed by atoms with E-state index < -0.39 is 5.82 Å². The number of rotatable bonds is 5. The molecule has 0 saturated heterocycles. The summed E-state index contributed by atoms with van der Waals surface area (Å²) in [7, 11) is 3.71. The van der Waals surface area contributed by atoms with Crippen molar-refractivity contribution in [3.8, 4) is 22.9 Å². The summed E-state index contributed by atoms with van der Waals surface area (Å²) in [6.45, 7) is 2.22. The van der Waals surface area contributed by atoms with Gasteiger partial charge in [-0.15, -0.1) is 0 Å². The molecule has 2 rings (SSSR count). The molecule has 0 fully saturated rings. The number of nitrogens with zero attached hydrogens (tertiary/aromatic N) is 3. The van der Waals surface area contributed by atoms with E-state index in [0.717, 1.165) is 5.56 Å². The number of ether oxygens (including phenoxy) is 1. The molecule has 4 nitrogen and oxygen atoms in total. The van der Waals surface area contributed by atoms with Crippen molar-refractivity contribution >= 4 is 12.0 Å². The molecular formula is C18H18FN3O. The lowest BCUT2D eigenvalue weighted by Crippen LogP contribution is -2.07. The molecule has 0 bridgehead atoms. The van der Waals surface area contributed by atoms with Crippen molar-refractivity contribution in [2.45, 2.75) is 6.92 Å². The van der Waals surface area contributed by atoms with Gasteiger partial charge in [0.25, 0.3) is 0 Å². The van der Waals surface area contributed by atoms with E-state index in [2.05, 4.69) is 11.1 Å². The van der Waals surface area contributed by atoms with Crippen molar-refractivity contribution in [1.29, 1.82) is 5.26 Å². The molecule has 0 atom stereocenters. The van der Waals surface area contributed by atoms with E-state index in [1.54, 1.807) is 42.4 Å². The van der Waals surface area contributed by atoms with Gasteiger partial charge in [-0.3, -0.25) is 0 Å². The fraction of sp³-hybridized carbons (Fsp3) is 0.222. The first-order chi connectivity index (χ1) is 11.0. The molecule has 0 spiro atoms. The molecule has 2 aromatic rings. The first-order valence-electron chi connectivity index (χ1n) is 7.22. The molecule has 0 aliphatic heterocycles. The van der Waals surface area contributed by atoms with Gasteiger partial charge < -0.3 is 9.64 Å². The first-order valence-corrected chi connectivity index (χ1v) is 7.22. The number of hydrogen-bond acceptors (Lipinski definition) is 3. The standard InChI is InChI=1S/C18H18FN3O/c1-4-23-18-8-6-14(10-16(18)19)13-5-7-17(15(9-13)11-20)21-12-22(2)3/h5-10,12H,4H2,1-3H3/b21-12-. The Bertz CT molecular complexity index is 763. The highest BCUT2D eigenvalue weighted by molar-refractivity contribution is 5.72. The predicted octanol–water partition coefficient (Wildman–Crippen LogP) is 3.98. The lowest BCUT2D eigenvalue weighted by Gasteiger charge is -2.08. The highest BCUT2D eigenvalue weighted by Gasteiger charge is 2.08. The van der Waals surface area contributed by atoms with Gasteiger partial charge in [0, 0.05) is 14.1 Å². The van der Waals surface area contributed by atoms with Crippen LogP contribution in [0.5, 0.6) is 5.75 Å². The summed E-state index contributed by atoms with van der Waals surface area (Å²) in [4.78, 5) is 6.04. The van der Waals surface area contributed by atoms with Crippen molar-refractivity contribution in [2.75, 3.05) is 20.7 Å². The Balaban J connectivity index is 2.38. The first kappa shape index (κ1) is 16.5. The highest BCUT2D eigenvalue weighted by atomic mass is 19.1. The molecule has 0 unspecified atom stereocenters. The number of hydrogen-bond donors (Lipinski definition) is 0. The van der Waals surface area contributed by atoms with Crippen LogP contribution in [0, 0.1) is 17.1 Å². The molecule has 0 heterocycles. The number of benzene rings is 2. The third kappa shape index (κ3) is 4.07. The van der Waals surface area contributed by atoms with Crippen LogP contribution in [0.3, 0.4) is 0 Å². The third-order valence-electron chi connectivity index (χ3n) is 3.11. The molecule has 0 amide bonds. The second-order valence-corrected chi connectivity index (χ2v) is 5.13. The van der Waals surface area contributed by atoms with Crippen LogP contribution in [0.4, 0.5) is 10.1 Å². The molecule has 0 aliphatic carbocycles. The van der Waals surface area contributed by atoms with E-state index in [9.17, 15) is 9.65 Å². The zero-order valence-corrected chi connectivity index (χ0v) is 13.4. The molecular weight excluding hydrogens is 293 g/mol. The molecule has 2 aromatic carbocycles. The SMILES string of the molecule is CCOc1ccc(-c2ccc(/N=C\N(C)C)c(C#N)c2)cc1F. The Morgan fingerprint density at radius 2 is 1.91 bits per heavy atom. The van der Waals surface area contributed by atoms with E-state index in [0.29, 0.717) is 23.4 Å². The zero-order chi connectivity index (χ0) is 16.8. The molecule has 5 heteroatoms. The van der Waals surface area contributed by atoms with Crippen LogP contribution in [0.2, 0.25) is 0 Å².